The Labute approximate surface area is 108 Å². The van der Waals surface area contributed by atoms with Crippen molar-refractivity contribution >= 4 is 34.9 Å². The van der Waals surface area contributed by atoms with Gasteiger partial charge in [0, 0.05) is 11.8 Å². The van der Waals surface area contributed by atoms with Gasteiger partial charge in [-0.05, 0) is 19.1 Å². The molecule has 6 heteroatoms. The molecular formula is C11H9Cl2N3O. The number of nitrogen functional groups attached to an aromatic ring is 1. The van der Waals surface area contributed by atoms with Crippen LogP contribution >= 0.6 is 23.2 Å². The fourth-order valence-electron chi connectivity index (χ4n) is 1.37. The molecule has 0 spiro atoms. The maximum atomic E-state index is 12.1. The van der Waals surface area contributed by atoms with Gasteiger partial charge in [-0.3, -0.25) is 4.79 Å². The van der Waals surface area contributed by atoms with E-state index in [4.69, 9.17) is 28.9 Å². The minimum Gasteiger partial charge on any atom is -0.382 e. The van der Waals surface area contributed by atoms with Gasteiger partial charge >= 0.3 is 0 Å². The van der Waals surface area contributed by atoms with Gasteiger partial charge in [0.15, 0.2) is 0 Å². The number of aryl methyl sites for hydroxylation is 1. The van der Waals surface area contributed by atoms with Crippen molar-refractivity contribution in [3.8, 4) is 0 Å². The third-order valence-electron chi connectivity index (χ3n) is 2.33. The number of aromatic nitrogens is 2. The van der Waals surface area contributed by atoms with Crippen molar-refractivity contribution in [2.24, 2.45) is 0 Å². The summed E-state index contributed by atoms with van der Waals surface area (Å²) in [6.07, 6.45) is 1.55. The van der Waals surface area contributed by atoms with E-state index in [0.29, 0.717) is 16.4 Å². The van der Waals surface area contributed by atoms with Crippen LogP contribution in [0.2, 0.25) is 10.0 Å². The summed E-state index contributed by atoms with van der Waals surface area (Å²) < 4.78 is 1.15. The first-order valence-electron chi connectivity index (χ1n) is 4.81. The lowest BCUT2D eigenvalue weighted by Crippen LogP contribution is -2.13. The zero-order valence-corrected chi connectivity index (χ0v) is 10.5. The fourth-order valence-corrected chi connectivity index (χ4v) is 1.75. The molecule has 0 atom stereocenters. The summed E-state index contributed by atoms with van der Waals surface area (Å²) in [6, 6.07) is 4.86. The molecule has 0 amide bonds. The second kappa shape index (κ2) is 4.39. The molecule has 2 N–H and O–H groups in total. The smallest absolute Gasteiger partial charge is 0.279 e. The van der Waals surface area contributed by atoms with E-state index >= 15 is 0 Å². The molecule has 0 fully saturated rings. The summed E-state index contributed by atoms with van der Waals surface area (Å²) in [6.45, 7) is 1.77. The summed E-state index contributed by atoms with van der Waals surface area (Å²) in [4.78, 5) is 12.1. The number of carbonyl (C=O) groups is 1. The number of hydrogen-bond acceptors (Lipinski definition) is 3. The van der Waals surface area contributed by atoms with Crippen molar-refractivity contribution in [2.75, 3.05) is 5.73 Å². The van der Waals surface area contributed by atoms with E-state index in [1.807, 2.05) is 0 Å². The molecule has 1 aromatic carbocycles. The van der Waals surface area contributed by atoms with Crippen LogP contribution in [0, 0.1) is 6.92 Å². The monoisotopic (exact) mass is 269 g/mol. The Kier molecular flexibility index (Phi) is 3.09. The highest BCUT2D eigenvalue weighted by atomic mass is 35.5. The molecule has 1 aromatic heterocycles. The first-order valence-corrected chi connectivity index (χ1v) is 5.56. The predicted molar refractivity (Wildman–Crippen MR) is 67.6 cm³/mol. The quantitative estimate of drug-likeness (QED) is 0.866. The second-order valence-corrected chi connectivity index (χ2v) is 4.33. The molecule has 0 unspecified atom stereocenters. The van der Waals surface area contributed by atoms with E-state index in [-0.39, 0.29) is 10.9 Å². The molecule has 2 aromatic rings. The Morgan fingerprint density at radius 1 is 1.41 bits per heavy atom. The van der Waals surface area contributed by atoms with Crippen molar-refractivity contribution in [1.82, 2.24) is 9.78 Å². The van der Waals surface area contributed by atoms with Crippen molar-refractivity contribution in [2.45, 2.75) is 6.92 Å². The molecule has 17 heavy (non-hydrogen) atoms. The van der Waals surface area contributed by atoms with E-state index in [1.165, 1.54) is 0 Å². The number of nitrogens with zero attached hydrogens (tertiary/aromatic N) is 2. The van der Waals surface area contributed by atoms with Crippen molar-refractivity contribution in [3.63, 3.8) is 0 Å². The number of halogens is 2. The average Bonchev–Trinajstić information content (AvgIpc) is 2.62. The standard InChI is InChI=1S/C11H9Cl2N3O/c1-6-5-16(15-10(6)14)11(17)7-3-2-4-8(12)9(7)13/h2-5H,1H3,(H2,14,15). The highest BCUT2D eigenvalue weighted by molar-refractivity contribution is 6.43. The SMILES string of the molecule is Cc1cn(C(=O)c2cccc(Cl)c2Cl)nc1N. The predicted octanol–water partition coefficient (Wildman–Crippen LogP) is 2.77. The summed E-state index contributed by atoms with van der Waals surface area (Å²) in [5.41, 5.74) is 6.61. The van der Waals surface area contributed by atoms with Crippen molar-refractivity contribution in [1.29, 1.82) is 0 Å². The number of hydrogen-bond donors (Lipinski definition) is 1. The average molecular weight is 270 g/mol. The minimum atomic E-state index is -0.364. The van der Waals surface area contributed by atoms with Gasteiger partial charge in [-0.15, -0.1) is 5.10 Å². The van der Waals surface area contributed by atoms with Crippen LogP contribution < -0.4 is 5.73 Å². The summed E-state index contributed by atoms with van der Waals surface area (Å²) in [5.74, 6) is -0.0474. The van der Waals surface area contributed by atoms with Gasteiger partial charge in [0.05, 0.1) is 15.6 Å². The summed E-state index contributed by atoms with van der Waals surface area (Å²) in [5, 5.41) is 4.44. The highest BCUT2D eigenvalue weighted by Gasteiger charge is 2.16. The van der Waals surface area contributed by atoms with Crippen LogP contribution in [0.25, 0.3) is 0 Å². The summed E-state index contributed by atoms with van der Waals surface area (Å²) in [7, 11) is 0. The lowest BCUT2D eigenvalue weighted by molar-refractivity contribution is 0.0945. The van der Waals surface area contributed by atoms with Crippen molar-refractivity contribution in [3.05, 3.63) is 45.6 Å². The van der Waals surface area contributed by atoms with Gasteiger partial charge in [-0.25, -0.2) is 4.68 Å². The Hall–Kier alpha value is -1.52. The van der Waals surface area contributed by atoms with E-state index in [2.05, 4.69) is 5.10 Å². The molecule has 0 aliphatic carbocycles. The normalized spacial score (nSPS) is 10.5. The van der Waals surface area contributed by atoms with Gasteiger partial charge in [0.1, 0.15) is 5.82 Å². The van der Waals surface area contributed by atoms with Gasteiger partial charge in [-0.1, -0.05) is 29.3 Å². The van der Waals surface area contributed by atoms with Crippen LogP contribution in [0.3, 0.4) is 0 Å². The van der Waals surface area contributed by atoms with Crippen LogP contribution in [-0.4, -0.2) is 15.7 Å². The van der Waals surface area contributed by atoms with Crippen LogP contribution in [0.1, 0.15) is 15.9 Å². The maximum absolute atomic E-state index is 12.1. The Balaban J connectivity index is 2.47. The molecule has 0 saturated heterocycles. The zero-order valence-electron chi connectivity index (χ0n) is 8.95. The third kappa shape index (κ3) is 2.14. The van der Waals surface area contributed by atoms with E-state index in [9.17, 15) is 4.79 Å². The highest BCUT2D eigenvalue weighted by Crippen LogP contribution is 2.26. The lowest BCUT2D eigenvalue weighted by Gasteiger charge is -2.04. The van der Waals surface area contributed by atoms with Gasteiger partial charge < -0.3 is 5.73 Å². The number of benzene rings is 1. The number of rotatable bonds is 1. The fraction of sp³-hybridized carbons (Fsp3) is 0.0909. The van der Waals surface area contributed by atoms with Gasteiger partial charge in [-0.2, -0.15) is 0 Å². The molecule has 0 bridgehead atoms. The van der Waals surface area contributed by atoms with E-state index in [1.54, 1.807) is 31.3 Å². The Bertz CT molecular complexity index is 573. The topological polar surface area (TPSA) is 60.9 Å². The Morgan fingerprint density at radius 2 is 2.12 bits per heavy atom. The first-order chi connectivity index (χ1) is 8.00. The van der Waals surface area contributed by atoms with Crippen molar-refractivity contribution < 1.29 is 4.79 Å². The number of anilines is 1. The van der Waals surface area contributed by atoms with E-state index < -0.39 is 0 Å². The lowest BCUT2D eigenvalue weighted by atomic mass is 10.2. The third-order valence-corrected chi connectivity index (χ3v) is 3.14. The van der Waals surface area contributed by atoms with Gasteiger partial charge in [0.25, 0.3) is 5.91 Å². The first kappa shape index (κ1) is 12.0. The molecule has 2 rings (SSSR count). The maximum Gasteiger partial charge on any atom is 0.279 e. The zero-order chi connectivity index (χ0) is 12.6. The minimum absolute atomic E-state index is 0.214. The number of nitrogens with two attached hydrogens (primary N) is 1. The molecule has 0 radical (unpaired) electrons. The van der Waals surface area contributed by atoms with Crippen LogP contribution in [0.5, 0.6) is 0 Å². The molecule has 0 saturated carbocycles. The second-order valence-electron chi connectivity index (χ2n) is 3.55. The van der Waals surface area contributed by atoms with Crippen LogP contribution in [0.15, 0.2) is 24.4 Å². The molecular weight excluding hydrogens is 261 g/mol. The van der Waals surface area contributed by atoms with Crippen LogP contribution in [0.4, 0.5) is 5.82 Å². The molecule has 0 aliphatic heterocycles. The van der Waals surface area contributed by atoms with Crippen LogP contribution in [-0.2, 0) is 0 Å². The number of carbonyl (C=O) groups excluding carboxylic acids is 1. The molecule has 0 aliphatic rings. The molecule has 4 nitrogen and oxygen atoms in total. The van der Waals surface area contributed by atoms with Gasteiger partial charge in [0.2, 0.25) is 0 Å². The summed E-state index contributed by atoms with van der Waals surface area (Å²) >= 11 is 11.8. The largest absolute Gasteiger partial charge is 0.382 e. The van der Waals surface area contributed by atoms with E-state index in [0.717, 1.165) is 10.2 Å². The Morgan fingerprint density at radius 3 is 2.71 bits per heavy atom. The molecule has 1 heterocycles. The molecule has 88 valence electrons.